The molecule has 9 nitrogen and oxygen atoms in total. The summed E-state index contributed by atoms with van der Waals surface area (Å²) in [5.41, 5.74) is 1.63. The second-order valence-electron chi connectivity index (χ2n) is 5.92. The molecule has 3 N–H and O–H groups in total. The molecule has 0 unspecified atom stereocenters. The number of aryl methyl sites for hydroxylation is 1. The summed E-state index contributed by atoms with van der Waals surface area (Å²) in [6.45, 7) is 2.58. The lowest BCUT2D eigenvalue weighted by atomic mass is 10.2. The van der Waals surface area contributed by atoms with Gasteiger partial charge in [0, 0.05) is 5.69 Å². The summed E-state index contributed by atoms with van der Waals surface area (Å²) in [5.74, 6) is -2.34. The highest BCUT2D eigenvalue weighted by molar-refractivity contribution is 5.96. The highest BCUT2D eigenvalue weighted by Crippen LogP contribution is 2.09. The summed E-state index contributed by atoms with van der Waals surface area (Å²) in [6, 6.07) is 10.1. The second kappa shape index (κ2) is 9.91. The maximum Gasteiger partial charge on any atom is 0.326 e. The Labute approximate surface area is 161 Å². The van der Waals surface area contributed by atoms with Crippen LogP contribution in [0.2, 0.25) is 0 Å². The first kappa shape index (κ1) is 20.7. The van der Waals surface area contributed by atoms with Gasteiger partial charge in [-0.2, -0.15) is 0 Å². The van der Waals surface area contributed by atoms with Gasteiger partial charge in [0.25, 0.3) is 11.8 Å². The molecule has 1 aromatic heterocycles. The van der Waals surface area contributed by atoms with Crippen LogP contribution in [0.5, 0.6) is 0 Å². The number of benzene rings is 1. The van der Waals surface area contributed by atoms with Crippen molar-refractivity contribution in [3.63, 3.8) is 0 Å². The summed E-state index contributed by atoms with van der Waals surface area (Å²) in [6.07, 6.45) is 0.297. The Kier molecular flexibility index (Phi) is 7.32. The molecule has 0 saturated carbocycles. The monoisotopic (exact) mass is 387 g/mol. The lowest BCUT2D eigenvalue weighted by Gasteiger charge is -2.14. The Hall–Kier alpha value is -3.62. The van der Waals surface area contributed by atoms with Gasteiger partial charge < -0.3 is 25.1 Å². The number of amides is 3. The third-order valence-corrected chi connectivity index (χ3v) is 3.58. The fourth-order valence-corrected chi connectivity index (χ4v) is 2.06. The van der Waals surface area contributed by atoms with Crippen LogP contribution in [-0.4, -0.2) is 42.9 Å². The van der Waals surface area contributed by atoms with Gasteiger partial charge in [0.15, 0.2) is 11.9 Å². The largest absolute Gasteiger partial charge is 0.459 e. The first-order valence-corrected chi connectivity index (χ1v) is 8.50. The van der Waals surface area contributed by atoms with E-state index in [0.717, 1.165) is 5.56 Å². The van der Waals surface area contributed by atoms with Gasteiger partial charge in [-0.25, -0.2) is 0 Å². The van der Waals surface area contributed by atoms with E-state index in [2.05, 4.69) is 16.0 Å². The van der Waals surface area contributed by atoms with Gasteiger partial charge in [0.1, 0.15) is 6.54 Å². The molecule has 0 fully saturated rings. The van der Waals surface area contributed by atoms with Crippen LogP contribution < -0.4 is 16.0 Å². The van der Waals surface area contributed by atoms with Gasteiger partial charge in [0.2, 0.25) is 5.91 Å². The van der Waals surface area contributed by atoms with E-state index in [1.165, 1.54) is 19.3 Å². The molecule has 1 aromatic carbocycles. The van der Waals surface area contributed by atoms with Gasteiger partial charge in [-0.1, -0.05) is 17.7 Å². The molecular weight excluding hydrogens is 366 g/mol. The number of carbonyl (C=O) groups excluding carboxylic acids is 4. The standard InChI is InChI=1S/C19H21N3O6/c1-12-5-7-14(8-6-12)22-18(25)13(2)28-17(24)11-20-16(23)10-21-19(26)15-4-3-9-27-15/h3-9,13H,10-11H2,1-2H3,(H,20,23)(H,21,26)(H,22,25)/t13-/m1/s1. The maximum absolute atomic E-state index is 12.0. The van der Waals surface area contributed by atoms with E-state index in [9.17, 15) is 19.2 Å². The summed E-state index contributed by atoms with van der Waals surface area (Å²) >= 11 is 0. The molecule has 2 rings (SSSR count). The van der Waals surface area contributed by atoms with Crippen molar-refractivity contribution in [2.75, 3.05) is 18.4 Å². The van der Waals surface area contributed by atoms with Crippen LogP contribution in [0.4, 0.5) is 5.69 Å². The average Bonchev–Trinajstić information content (AvgIpc) is 3.21. The molecule has 1 atom stereocenters. The quantitative estimate of drug-likeness (QED) is 0.580. The molecule has 0 saturated heterocycles. The van der Waals surface area contributed by atoms with Crippen LogP contribution in [0, 0.1) is 6.92 Å². The van der Waals surface area contributed by atoms with E-state index in [1.54, 1.807) is 18.2 Å². The molecule has 0 aliphatic heterocycles. The number of hydrogen-bond donors (Lipinski definition) is 3. The molecule has 0 aliphatic carbocycles. The van der Waals surface area contributed by atoms with E-state index in [1.807, 2.05) is 19.1 Å². The number of nitrogens with one attached hydrogen (secondary N) is 3. The van der Waals surface area contributed by atoms with E-state index < -0.39 is 36.3 Å². The Morgan fingerprint density at radius 3 is 2.39 bits per heavy atom. The zero-order chi connectivity index (χ0) is 20.5. The Morgan fingerprint density at radius 2 is 1.75 bits per heavy atom. The number of furan rings is 1. The molecule has 9 heteroatoms. The highest BCUT2D eigenvalue weighted by Gasteiger charge is 2.18. The Morgan fingerprint density at radius 1 is 1.04 bits per heavy atom. The fourth-order valence-electron chi connectivity index (χ4n) is 2.06. The van der Waals surface area contributed by atoms with Crippen molar-refractivity contribution in [3.8, 4) is 0 Å². The minimum absolute atomic E-state index is 0.0700. The summed E-state index contributed by atoms with van der Waals surface area (Å²) in [4.78, 5) is 47.1. The number of carbonyl (C=O) groups is 4. The first-order chi connectivity index (χ1) is 13.3. The molecule has 3 amide bonds. The highest BCUT2D eigenvalue weighted by atomic mass is 16.5. The van der Waals surface area contributed by atoms with Crippen LogP contribution in [0.3, 0.4) is 0 Å². The fraction of sp³-hybridized carbons (Fsp3) is 0.263. The third-order valence-electron chi connectivity index (χ3n) is 3.58. The molecule has 0 spiro atoms. The average molecular weight is 387 g/mol. The molecule has 0 aliphatic rings. The van der Waals surface area contributed by atoms with Gasteiger partial charge in [-0.05, 0) is 38.1 Å². The number of rotatable bonds is 8. The van der Waals surface area contributed by atoms with Crippen molar-refractivity contribution in [1.29, 1.82) is 0 Å². The lowest BCUT2D eigenvalue weighted by Crippen LogP contribution is -2.40. The summed E-state index contributed by atoms with van der Waals surface area (Å²) in [7, 11) is 0. The van der Waals surface area contributed by atoms with Crippen LogP contribution in [-0.2, 0) is 19.1 Å². The smallest absolute Gasteiger partial charge is 0.326 e. The minimum Gasteiger partial charge on any atom is -0.459 e. The normalized spacial score (nSPS) is 11.2. The predicted molar refractivity (Wildman–Crippen MR) is 99.4 cm³/mol. The van der Waals surface area contributed by atoms with Crippen molar-refractivity contribution in [2.45, 2.75) is 20.0 Å². The Balaban J connectivity index is 1.67. The van der Waals surface area contributed by atoms with Crippen molar-refractivity contribution in [2.24, 2.45) is 0 Å². The molecule has 1 heterocycles. The molecule has 28 heavy (non-hydrogen) atoms. The topological polar surface area (TPSA) is 127 Å². The summed E-state index contributed by atoms with van der Waals surface area (Å²) < 4.78 is 9.86. The van der Waals surface area contributed by atoms with Crippen molar-refractivity contribution in [3.05, 3.63) is 54.0 Å². The maximum atomic E-state index is 12.0. The summed E-state index contributed by atoms with van der Waals surface area (Å²) in [5, 5.41) is 7.26. The van der Waals surface area contributed by atoms with Crippen LogP contribution in [0.25, 0.3) is 0 Å². The minimum atomic E-state index is -1.04. The zero-order valence-electron chi connectivity index (χ0n) is 15.5. The van der Waals surface area contributed by atoms with Gasteiger partial charge in [0.05, 0.1) is 12.8 Å². The first-order valence-electron chi connectivity index (χ1n) is 8.50. The number of anilines is 1. The van der Waals surface area contributed by atoms with Gasteiger partial charge in [-0.15, -0.1) is 0 Å². The molecule has 0 bridgehead atoms. The van der Waals surface area contributed by atoms with Gasteiger partial charge in [-0.3, -0.25) is 19.2 Å². The zero-order valence-corrected chi connectivity index (χ0v) is 15.5. The van der Waals surface area contributed by atoms with Crippen LogP contribution in [0.15, 0.2) is 47.1 Å². The van der Waals surface area contributed by atoms with E-state index in [4.69, 9.17) is 9.15 Å². The third kappa shape index (κ3) is 6.60. The van der Waals surface area contributed by atoms with E-state index in [0.29, 0.717) is 5.69 Å². The molecule has 0 radical (unpaired) electrons. The lowest BCUT2D eigenvalue weighted by molar-refractivity contribution is -0.152. The van der Waals surface area contributed by atoms with E-state index in [-0.39, 0.29) is 12.3 Å². The second-order valence-corrected chi connectivity index (χ2v) is 5.92. The Bertz CT molecular complexity index is 830. The van der Waals surface area contributed by atoms with Crippen LogP contribution in [0.1, 0.15) is 23.0 Å². The molecule has 2 aromatic rings. The number of esters is 1. The van der Waals surface area contributed by atoms with Crippen LogP contribution >= 0.6 is 0 Å². The van der Waals surface area contributed by atoms with Crippen molar-refractivity contribution < 1.29 is 28.3 Å². The number of ether oxygens (including phenoxy) is 1. The van der Waals surface area contributed by atoms with Gasteiger partial charge >= 0.3 is 5.97 Å². The molecular formula is C19H21N3O6. The SMILES string of the molecule is Cc1ccc(NC(=O)[C@@H](C)OC(=O)CNC(=O)CNC(=O)c2ccco2)cc1. The number of hydrogen-bond acceptors (Lipinski definition) is 6. The van der Waals surface area contributed by atoms with Crippen molar-refractivity contribution in [1.82, 2.24) is 10.6 Å². The van der Waals surface area contributed by atoms with Crippen molar-refractivity contribution >= 4 is 29.4 Å². The molecule has 148 valence electrons. The van der Waals surface area contributed by atoms with E-state index >= 15 is 0 Å². The predicted octanol–water partition coefficient (Wildman–Crippen LogP) is 1.00.